The van der Waals surface area contributed by atoms with E-state index in [-0.39, 0.29) is 18.6 Å². The zero-order valence-electron chi connectivity index (χ0n) is 19.2. The second-order valence-electron chi connectivity index (χ2n) is 8.54. The molecule has 0 spiro atoms. The molecule has 4 aromatic rings. The third-order valence-corrected chi connectivity index (χ3v) is 6.14. The number of benzene rings is 2. The van der Waals surface area contributed by atoms with Crippen LogP contribution in [0.5, 0.6) is 5.75 Å². The van der Waals surface area contributed by atoms with Crippen molar-refractivity contribution in [1.29, 1.82) is 0 Å². The van der Waals surface area contributed by atoms with E-state index in [0.29, 0.717) is 5.75 Å². The van der Waals surface area contributed by atoms with E-state index in [2.05, 4.69) is 54.2 Å². The van der Waals surface area contributed by atoms with E-state index in [1.165, 1.54) is 5.56 Å². The van der Waals surface area contributed by atoms with Crippen LogP contribution in [0.4, 0.5) is 0 Å². The number of nitrogens with one attached hydrogen (secondary N) is 1. The van der Waals surface area contributed by atoms with Crippen LogP contribution in [-0.4, -0.2) is 50.3 Å². The van der Waals surface area contributed by atoms with Gasteiger partial charge in [0.05, 0.1) is 11.6 Å². The summed E-state index contributed by atoms with van der Waals surface area (Å²) in [7, 11) is 0. The fourth-order valence-corrected chi connectivity index (χ4v) is 4.42. The molecule has 0 bridgehead atoms. The zero-order valence-corrected chi connectivity index (χ0v) is 19.2. The summed E-state index contributed by atoms with van der Waals surface area (Å²) in [6.45, 7) is 5.28. The number of rotatable bonds is 7. The number of hydrogen-bond donors (Lipinski definition) is 1. The molecule has 1 atom stereocenters. The molecule has 174 valence electrons. The molecule has 2 aromatic carbocycles. The maximum absolute atomic E-state index is 12.4. The number of carbonyl (C=O) groups is 1. The van der Waals surface area contributed by atoms with Crippen molar-refractivity contribution >= 4 is 16.8 Å². The zero-order chi connectivity index (χ0) is 23.3. The maximum Gasteiger partial charge on any atom is 0.258 e. The number of hydrogen-bond acceptors (Lipinski definition) is 6. The van der Waals surface area contributed by atoms with E-state index < -0.39 is 0 Å². The van der Waals surface area contributed by atoms with Crippen molar-refractivity contribution in [2.24, 2.45) is 0 Å². The Kier molecular flexibility index (Phi) is 6.49. The van der Waals surface area contributed by atoms with Gasteiger partial charge in [-0.05, 0) is 30.7 Å². The molecule has 0 saturated heterocycles. The van der Waals surface area contributed by atoms with Gasteiger partial charge in [-0.2, -0.15) is 0 Å². The van der Waals surface area contributed by atoms with Crippen LogP contribution in [0.2, 0.25) is 0 Å². The summed E-state index contributed by atoms with van der Waals surface area (Å²) in [4.78, 5) is 19.4. The van der Waals surface area contributed by atoms with Gasteiger partial charge in [0, 0.05) is 44.2 Å². The lowest BCUT2D eigenvalue weighted by atomic mass is 10.1. The van der Waals surface area contributed by atoms with E-state index in [0.717, 1.165) is 55.2 Å². The first-order valence-corrected chi connectivity index (χ1v) is 11.6. The molecular weight excluding hydrogens is 428 g/mol. The first kappa shape index (κ1) is 22.0. The summed E-state index contributed by atoms with van der Waals surface area (Å²) in [5.74, 6) is 2.21. The molecule has 0 aliphatic carbocycles. The second-order valence-corrected chi connectivity index (χ2v) is 8.54. The maximum atomic E-state index is 12.4. The predicted octanol–water partition coefficient (Wildman–Crippen LogP) is 3.14. The number of fused-ring (bicyclic) bond motifs is 2. The topological polar surface area (TPSA) is 85.2 Å². The Balaban J connectivity index is 1.21. The van der Waals surface area contributed by atoms with E-state index in [4.69, 9.17) is 4.74 Å². The van der Waals surface area contributed by atoms with Crippen LogP contribution >= 0.6 is 0 Å². The summed E-state index contributed by atoms with van der Waals surface area (Å²) < 4.78 is 7.70. The van der Waals surface area contributed by atoms with E-state index in [1.54, 1.807) is 0 Å². The Morgan fingerprint density at radius 2 is 1.88 bits per heavy atom. The molecular formula is C26H28N6O2. The highest BCUT2D eigenvalue weighted by Crippen LogP contribution is 2.20. The predicted molar refractivity (Wildman–Crippen MR) is 129 cm³/mol. The Morgan fingerprint density at radius 1 is 1.03 bits per heavy atom. The average molecular weight is 457 g/mol. The van der Waals surface area contributed by atoms with Crippen molar-refractivity contribution < 1.29 is 9.53 Å². The van der Waals surface area contributed by atoms with Gasteiger partial charge in [0.1, 0.15) is 11.6 Å². The lowest BCUT2D eigenvalue weighted by Gasteiger charge is -2.21. The summed E-state index contributed by atoms with van der Waals surface area (Å²) >= 11 is 0. The van der Waals surface area contributed by atoms with Crippen molar-refractivity contribution in [1.82, 2.24) is 30.0 Å². The number of para-hydroxylation sites is 2. The highest BCUT2D eigenvalue weighted by atomic mass is 16.5. The molecule has 1 amide bonds. The molecule has 2 aromatic heterocycles. The minimum atomic E-state index is -0.262. The molecule has 1 aliphatic rings. The third kappa shape index (κ3) is 4.92. The molecule has 8 nitrogen and oxygen atoms in total. The number of nitrogens with zero attached hydrogens (tertiary/aromatic N) is 5. The largest absolute Gasteiger partial charge is 0.484 e. The van der Waals surface area contributed by atoms with Gasteiger partial charge in [-0.15, -0.1) is 10.2 Å². The van der Waals surface area contributed by atoms with E-state index in [9.17, 15) is 4.79 Å². The molecule has 0 radical (unpaired) electrons. The number of pyridine rings is 1. The standard InChI is InChI=1S/C26H28N6O2/c1-19(28-24(33)18-34-22-10-3-2-4-11-22)26-30-29-23-12-14-31(15-16-32(23)26)17-21-8-5-7-20-9-6-13-27-25(20)21/h2-11,13,19H,12,14-18H2,1H3,(H,28,33). The highest BCUT2D eigenvalue weighted by molar-refractivity contribution is 5.81. The summed E-state index contributed by atoms with van der Waals surface area (Å²) in [6, 6.07) is 19.5. The van der Waals surface area contributed by atoms with Crippen LogP contribution < -0.4 is 10.1 Å². The van der Waals surface area contributed by atoms with Gasteiger partial charge in [-0.3, -0.25) is 14.7 Å². The van der Waals surface area contributed by atoms with Gasteiger partial charge in [-0.1, -0.05) is 42.5 Å². The summed E-state index contributed by atoms with van der Waals surface area (Å²) in [5.41, 5.74) is 2.29. The minimum absolute atomic E-state index is 0.0395. The number of carbonyl (C=O) groups excluding carboxylic acids is 1. The Bertz CT molecular complexity index is 1270. The SMILES string of the molecule is CC(NC(=O)COc1ccccc1)c1nnc2n1CCN(Cc1cccc3cccnc13)CC2. The molecule has 8 heteroatoms. The van der Waals surface area contributed by atoms with Gasteiger partial charge in [0.15, 0.2) is 12.4 Å². The van der Waals surface area contributed by atoms with Crippen LogP contribution in [0.25, 0.3) is 10.9 Å². The Hall–Kier alpha value is -3.78. The van der Waals surface area contributed by atoms with E-state index in [1.807, 2.05) is 49.5 Å². The van der Waals surface area contributed by atoms with Crippen molar-refractivity contribution in [2.45, 2.75) is 32.5 Å². The van der Waals surface area contributed by atoms with Crippen molar-refractivity contribution in [2.75, 3.05) is 19.7 Å². The number of ether oxygens (including phenoxy) is 1. The highest BCUT2D eigenvalue weighted by Gasteiger charge is 2.23. The molecule has 34 heavy (non-hydrogen) atoms. The van der Waals surface area contributed by atoms with Gasteiger partial charge >= 0.3 is 0 Å². The Morgan fingerprint density at radius 3 is 2.76 bits per heavy atom. The molecule has 0 saturated carbocycles. The smallest absolute Gasteiger partial charge is 0.258 e. The van der Waals surface area contributed by atoms with Crippen molar-refractivity contribution in [3.05, 3.63) is 84.1 Å². The molecule has 1 N–H and O–H groups in total. The molecule has 1 unspecified atom stereocenters. The molecule has 5 rings (SSSR count). The van der Waals surface area contributed by atoms with Crippen LogP contribution in [-0.2, 0) is 24.3 Å². The first-order chi connectivity index (χ1) is 16.7. The molecule has 3 heterocycles. The summed E-state index contributed by atoms with van der Waals surface area (Å²) in [6.07, 6.45) is 2.66. The van der Waals surface area contributed by atoms with Gasteiger partial charge < -0.3 is 14.6 Å². The second kappa shape index (κ2) is 10.0. The van der Waals surface area contributed by atoms with E-state index >= 15 is 0 Å². The van der Waals surface area contributed by atoms with Crippen LogP contribution in [0.3, 0.4) is 0 Å². The fraction of sp³-hybridized carbons (Fsp3) is 0.308. The molecule has 0 fully saturated rings. The lowest BCUT2D eigenvalue weighted by Crippen LogP contribution is -2.33. The van der Waals surface area contributed by atoms with Crippen molar-refractivity contribution in [3.63, 3.8) is 0 Å². The van der Waals surface area contributed by atoms with Crippen LogP contribution in [0.15, 0.2) is 66.9 Å². The first-order valence-electron chi connectivity index (χ1n) is 11.6. The number of amides is 1. The number of aromatic nitrogens is 4. The van der Waals surface area contributed by atoms with Gasteiger partial charge in [0.2, 0.25) is 0 Å². The lowest BCUT2D eigenvalue weighted by molar-refractivity contribution is -0.123. The van der Waals surface area contributed by atoms with Crippen molar-refractivity contribution in [3.8, 4) is 5.75 Å². The van der Waals surface area contributed by atoms with Gasteiger partial charge in [-0.25, -0.2) is 0 Å². The van der Waals surface area contributed by atoms with Gasteiger partial charge in [0.25, 0.3) is 5.91 Å². The average Bonchev–Trinajstić information content (AvgIpc) is 3.18. The Labute approximate surface area is 198 Å². The fourth-order valence-electron chi connectivity index (χ4n) is 4.42. The van der Waals surface area contributed by atoms with Crippen LogP contribution in [0.1, 0.15) is 30.2 Å². The normalized spacial score (nSPS) is 14.9. The summed E-state index contributed by atoms with van der Waals surface area (Å²) in [5, 5.41) is 13.0. The minimum Gasteiger partial charge on any atom is -0.484 e. The third-order valence-electron chi connectivity index (χ3n) is 6.14. The molecule has 1 aliphatic heterocycles. The quantitative estimate of drug-likeness (QED) is 0.460. The van der Waals surface area contributed by atoms with Crippen LogP contribution in [0, 0.1) is 0 Å². The monoisotopic (exact) mass is 456 g/mol.